The summed E-state index contributed by atoms with van der Waals surface area (Å²) in [6.45, 7) is 14.7. The summed E-state index contributed by atoms with van der Waals surface area (Å²) in [6.07, 6.45) is 17.7. The second kappa shape index (κ2) is 18.1. The van der Waals surface area contributed by atoms with Crippen molar-refractivity contribution in [3.63, 3.8) is 0 Å². The van der Waals surface area contributed by atoms with Gasteiger partial charge in [0.05, 0.1) is 16.6 Å². The normalized spacial score (nSPS) is 11.4. The third-order valence-corrected chi connectivity index (χ3v) is 8.29. The van der Waals surface area contributed by atoms with Gasteiger partial charge in [-0.05, 0) is 54.3 Å². The molecule has 0 unspecified atom stereocenters. The molecule has 0 saturated carbocycles. The number of nitrogens with zero attached hydrogens (tertiary/aromatic N) is 3. The summed E-state index contributed by atoms with van der Waals surface area (Å²) < 4.78 is 4.71. The molecule has 4 aromatic carbocycles. The van der Waals surface area contributed by atoms with Gasteiger partial charge in [-0.25, -0.2) is 4.98 Å². The Balaban J connectivity index is 0.000000327. The van der Waals surface area contributed by atoms with E-state index in [1.165, 1.54) is 56.0 Å². The summed E-state index contributed by atoms with van der Waals surface area (Å²) in [5.74, 6) is 1.43. The van der Waals surface area contributed by atoms with Gasteiger partial charge in [-0.15, -0.1) is 12.8 Å². The molecule has 3 aromatic heterocycles. The molecule has 7 rings (SSSR count). The maximum atomic E-state index is 4.65. The number of fused-ring (bicyclic) bond motifs is 5. The first-order chi connectivity index (χ1) is 24.0. The average Bonchev–Trinajstić information content (AvgIpc) is 3.73. The fraction of sp³-hybridized carbons (Fsp3) is 0.196. The lowest BCUT2D eigenvalue weighted by atomic mass is 10.0. The summed E-state index contributed by atoms with van der Waals surface area (Å²) in [7, 11) is 0. The number of aromatic nitrogens is 3. The van der Waals surface area contributed by atoms with E-state index in [1.54, 1.807) is 0 Å². The zero-order valence-corrected chi connectivity index (χ0v) is 29.7. The van der Waals surface area contributed by atoms with Crippen LogP contribution in [0.1, 0.15) is 58.6 Å². The molecule has 0 aliphatic heterocycles. The molecular formula is C46H49N3. The van der Waals surface area contributed by atoms with Crippen LogP contribution in [0, 0.1) is 18.8 Å². The maximum absolute atomic E-state index is 4.65. The minimum Gasteiger partial charge on any atom is -0.313 e. The molecule has 0 spiro atoms. The van der Waals surface area contributed by atoms with Crippen molar-refractivity contribution in [2.75, 3.05) is 0 Å². The Kier molecular flexibility index (Phi) is 13.4. The van der Waals surface area contributed by atoms with Crippen LogP contribution in [0.5, 0.6) is 0 Å². The van der Waals surface area contributed by atoms with Crippen molar-refractivity contribution in [2.45, 2.75) is 53.9 Å². The smallest absolute Gasteiger partial charge is 0.137 e. The fourth-order valence-electron chi connectivity index (χ4n) is 5.86. The number of pyridine rings is 1. The van der Waals surface area contributed by atoms with Gasteiger partial charge < -0.3 is 9.13 Å². The number of hydrogen-bond donors (Lipinski definition) is 0. The van der Waals surface area contributed by atoms with Gasteiger partial charge in [-0.1, -0.05) is 150 Å². The van der Waals surface area contributed by atoms with Gasteiger partial charge in [-0.3, -0.25) is 0 Å². The predicted molar refractivity (Wildman–Crippen MR) is 215 cm³/mol. The van der Waals surface area contributed by atoms with Gasteiger partial charge in [0.25, 0.3) is 0 Å². The minimum absolute atomic E-state index is 0.492. The number of terminal acetylenes is 1. The first kappa shape index (κ1) is 36.2. The van der Waals surface area contributed by atoms with Gasteiger partial charge in [0.15, 0.2) is 0 Å². The molecular weight excluding hydrogens is 595 g/mol. The van der Waals surface area contributed by atoms with Crippen LogP contribution in [0.15, 0.2) is 146 Å². The molecule has 0 N–H and O–H groups in total. The Labute approximate surface area is 293 Å². The summed E-state index contributed by atoms with van der Waals surface area (Å²) >= 11 is 0. The van der Waals surface area contributed by atoms with E-state index in [-0.39, 0.29) is 0 Å². The van der Waals surface area contributed by atoms with Crippen LogP contribution in [-0.4, -0.2) is 14.1 Å². The number of allylic oxidation sites excluding steroid dienone is 3. The Morgan fingerprint density at radius 3 is 2.02 bits per heavy atom. The lowest BCUT2D eigenvalue weighted by Crippen LogP contribution is -2.03. The summed E-state index contributed by atoms with van der Waals surface area (Å²) in [5, 5.41) is 3.77. The number of rotatable bonds is 7. The highest BCUT2D eigenvalue weighted by Gasteiger charge is 2.19. The van der Waals surface area contributed by atoms with Crippen molar-refractivity contribution in [2.24, 2.45) is 5.92 Å². The molecule has 49 heavy (non-hydrogen) atoms. The molecule has 3 heterocycles. The highest BCUT2D eigenvalue weighted by Crippen LogP contribution is 2.38. The Morgan fingerprint density at radius 2 is 1.41 bits per heavy atom. The zero-order chi connectivity index (χ0) is 35.2. The quantitative estimate of drug-likeness (QED) is 0.158. The lowest BCUT2D eigenvalue weighted by molar-refractivity contribution is 0.695. The van der Waals surface area contributed by atoms with Gasteiger partial charge in [0.2, 0.25) is 0 Å². The molecule has 0 aliphatic carbocycles. The van der Waals surface area contributed by atoms with Crippen molar-refractivity contribution >= 4 is 44.0 Å². The first-order valence-electron chi connectivity index (χ1n) is 17.2. The fourth-order valence-corrected chi connectivity index (χ4v) is 5.86. The van der Waals surface area contributed by atoms with Gasteiger partial charge in [-0.2, -0.15) is 0 Å². The molecule has 0 fully saturated rings. The van der Waals surface area contributed by atoms with Crippen molar-refractivity contribution in [3.8, 4) is 18.7 Å². The first-order valence-corrected chi connectivity index (χ1v) is 17.2. The topological polar surface area (TPSA) is 22.8 Å². The van der Waals surface area contributed by atoms with E-state index in [9.17, 15) is 0 Å². The number of benzene rings is 4. The van der Waals surface area contributed by atoms with E-state index in [2.05, 4.69) is 165 Å². The molecule has 0 radical (unpaired) electrons. The van der Waals surface area contributed by atoms with Crippen molar-refractivity contribution in [1.82, 2.24) is 14.1 Å². The lowest BCUT2D eigenvalue weighted by Gasteiger charge is -2.16. The van der Waals surface area contributed by atoms with Gasteiger partial charge in [0, 0.05) is 40.7 Å². The molecule has 7 aromatic rings. The Hall–Kier alpha value is -5.59. The second-order valence-corrected chi connectivity index (χ2v) is 12.2. The second-order valence-electron chi connectivity index (χ2n) is 12.2. The molecule has 0 bridgehead atoms. The van der Waals surface area contributed by atoms with Crippen LogP contribution in [0.3, 0.4) is 0 Å². The molecule has 0 saturated heterocycles. The molecule has 3 nitrogen and oxygen atoms in total. The summed E-state index contributed by atoms with van der Waals surface area (Å²) in [5.41, 5.74) is 8.68. The van der Waals surface area contributed by atoms with E-state index in [0.29, 0.717) is 5.92 Å². The SMILES string of the molecule is C#C.C=C(C)c1ccccc1.CCC.CC[C@@H](C)/C=C(\Cc1ccccc1)n1c2ccccc2c2c3c(ccc21)ccn3-c1ccccn1. The maximum Gasteiger partial charge on any atom is 0.137 e. The minimum atomic E-state index is 0.492. The summed E-state index contributed by atoms with van der Waals surface area (Å²) in [4.78, 5) is 4.65. The molecule has 0 aliphatic rings. The third kappa shape index (κ3) is 8.66. The highest BCUT2D eigenvalue weighted by atomic mass is 15.1. The summed E-state index contributed by atoms with van der Waals surface area (Å²) in [6, 6.07) is 42.6. The van der Waals surface area contributed by atoms with Crippen LogP contribution in [-0.2, 0) is 6.42 Å². The van der Waals surface area contributed by atoms with Crippen LogP contribution < -0.4 is 0 Å². The van der Waals surface area contributed by atoms with E-state index < -0.39 is 0 Å². The number of hydrogen-bond acceptors (Lipinski definition) is 1. The predicted octanol–water partition coefficient (Wildman–Crippen LogP) is 12.6. The Bertz CT molecular complexity index is 2110. The molecule has 0 amide bonds. The standard InChI is InChI=1S/C32H29N3.C9H10.C3H8.C2H2/c1-3-23(2)21-26(22-24-11-5-4-6-12-24)35-28-14-8-7-13-27(28)31-29(35)17-16-25-18-20-34(32(25)31)30-15-9-10-19-33-30;1-8(2)9-6-4-3-5-7-9;1-3-2;1-2/h4-21,23H,3,22H2,1-2H3;3-7H,1H2,2H3;3H2,1-2H3;1-2H/b26-21+;;;/t23-;;;/m1.../s1. The Morgan fingerprint density at radius 1 is 0.776 bits per heavy atom. The van der Waals surface area contributed by atoms with E-state index in [1.807, 2.05) is 43.5 Å². The zero-order valence-electron chi connectivity index (χ0n) is 29.7. The molecule has 1 atom stereocenters. The van der Waals surface area contributed by atoms with Crippen LogP contribution in [0.4, 0.5) is 0 Å². The molecule has 248 valence electrons. The van der Waals surface area contributed by atoms with Crippen molar-refractivity contribution in [1.29, 1.82) is 0 Å². The van der Waals surface area contributed by atoms with Crippen LogP contribution >= 0.6 is 0 Å². The number of para-hydroxylation sites is 1. The monoisotopic (exact) mass is 643 g/mol. The highest BCUT2D eigenvalue weighted by molar-refractivity contribution is 6.21. The third-order valence-electron chi connectivity index (χ3n) is 8.29. The van der Waals surface area contributed by atoms with Crippen LogP contribution in [0.2, 0.25) is 0 Å². The van der Waals surface area contributed by atoms with Gasteiger partial charge >= 0.3 is 0 Å². The average molecular weight is 644 g/mol. The van der Waals surface area contributed by atoms with E-state index >= 15 is 0 Å². The van der Waals surface area contributed by atoms with E-state index in [4.69, 9.17) is 0 Å². The van der Waals surface area contributed by atoms with Gasteiger partial charge in [0.1, 0.15) is 5.82 Å². The molecule has 3 heteroatoms. The van der Waals surface area contributed by atoms with Crippen molar-refractivity contribution in [3.05, 3.63) is 158 Å². The largest absolute Gasteiger partial charge is 0.313 e. The van der Waals surface area contributed by atoms with Crippen LogP contribution in [0.25, 0.3) is 49.8 Å². The van der Waals surface area contributed by atoms with E-state index in [0.717, 1.165) is 24.2 Å². The van der Waals surface area contributed by atoms with Crippen molar-refractivity contribution < 1.29 is 0 Å².